The monoisotopic (exact) mass is 164 g/mol. The molecule has 0 amide bonds. The Balaban J connectivity index is 2.13. The fourth-order valence-corrected chi connectivity index (χ4v) is 1.95. The Morgan fingerprint density at radius 3 is 2.83 bits per heavy atom. The minimum absolute atomic E-state index is 0.602. The van der Waals surface area contributed by atoms with Gasteiger partial charge in [-0.1, -0.05) is 6.42 Å². The van der Waals surface area contributed by atoms with Crippen LogP contribution in [0.5, 0.6) is 0 Å². The van der Waals surface area contributed by atoms with E-state index in [4.69, 9.17) is 0 Å². The van der Waals surface area contributed by atoms with Crippen LogP contribution >= 0.6 is 0 Å². The van der Waals surface area contributed by atoms with Gasteiger partial charge >= 0.3 is 0 Å². The van der Waals surface area contributed by atoms with E-state index in [1.165, 1.54) is 36.9 Å². The average Bonchev–Trinajstić information content (AvgIpc) is 2.53. The van der Waals surface area contributed by atoms with E-state index in [2.05, 4.69) is 29.6 Å². The number of aryl methyl sites for hydroxylation is 1. The van der Waals surface area contributed by atoms with Crippen molar-refractivity contribution in [3.05, 3.63) is 23.5 Å². The van der Waals surface area contributed by atoms with Crippen LogP contribution < -0.4 is 5.32 Å². The van der Waals surface area contributed by atoms with Gasteiger partial charge in [0.15, 0.2) is 0 Å². The summed E-state index contributed by atoms with van der Waals surface area (Å²) in [5, 5.41) is 3.54. The molecule has 2 heterocycles. The summed E-state index contributed by atoms with van der Waals surface area (Å²) in [7, 11) is 0. The number of nitrogens with one attached hydrogen (secondary N) is 2. The lowest BCUT2D eigenvalue weighted by atomic mass is 9.97. The summed E-state index contributed by atoms with van der Waals surface area (Å²) in [6.07, 6.45) is 8.19. The third kappa shape index (κ3) is 1.39. The van der Waals surface area contributed by atoms with Crippen LogP contribution in [-0.4, -0.2) is 11.5 Å². The molecule has 2 rings (SSSR count). The molecule has 1 saturated heterocycles. The molecule has 0 aromatic carbocycles. The summed E-state index contributed by atoms with van der Waals surface area (Å²) >= 11 is 0. The second-order valence-electron chi connectivity index (χ2n) is 3.60. The minimum Gasteiger partial charge on any atom is -0.367 e. The number of piperidine rings is 1. The molecule has 0 radical (unpaired) electrons. The lowest BCUT2D eigenvalue weighted by Crippen LogP contribution is -2.26. The Bertz CT molecular complexity index is 246. The van der Waals surface area contributed by atoms with Gasteiger partial charge in [-0.2, -0.15) is 0 Å². The number of aromatic amines is 1. The van der Waals surface area contributed by atoms with Gasteiger partial charge in [0.25, 0.3) is 0 Å². The summed E-state index contributed by atoms with van der Waals surface area (Å²) in [4.78, 5) is 3.16. The second kappa shape index (κ2) is 3.31. The van der Waals surface area contributed by atoms with Crippen LogP contribution in [0.25, 0.3) is 0 Å². The molecule has 1 atom stereocenters. The molecule has 0 spiro atoms. The average molecular weight is 164 g/mol. The highest BCUT2D eigenvalue weighted by atomic mass is 14.9. The largest absolute Gasteiger partial charge is 0.367 e. The van der Waals surface area contributed by atoms with E-state index in [9.17, 15) is 0 Å². The van der Waals surface area contributed by atoms with Crippen LogP contribution in [0.1, 0.15) is 36.4 Å². The van der Waals surface area contributed by atoms with Crippen molar-refractivity contribution in [3.8, 4) is 0 Å². The van der Waals surface area contributed by atoms with E-state index in [1.54, 1.807) is 0 Å². The first-order chi connectivity index (χ1) is 5.88. The third-order valence-corrected chi connectivity index (χ3v) is 2.68. The zero-order valence-corrected chi connectivity index (χ0v) is 7.56. The molecule has 2 heteroatoms. The number of hydrogen-bond donors (Lipinski definition) is 2. The second-order valence-corrected chi connectivity index (χ2v) is 3.60. The van der Waals surface area contributed by atoms with E-state index >= 15 is 0 Å². The van der Waals surface area contributed by atoms with Gasteiger partial charge < -0.3 is 10.3 Å². The van der Waals surface area contributed by atoms with Gasteiger partial charge in [0.05, 0.1) is 0 Å². The van der Waals surface area contributed by atoms with Gasteiger partial charge in [0.2, 0.25) is 0 Å². The van der Waals surface area contributed by atoms with Crippen LogP contribution in [0, 0.1) is 6.92 Å². The van der Waals surface area contributed by atoms with Gasteiger partial charge in [-0.25, -0.2) is 0 Å². The zero-order valence-electron chi connectivity index (χ0n) is 7.56. The molecule has 1 aromatic heterocycles. The molecule has 0 saturated carbocycles. The maximum absolute atomic E-state index is 3.54. The van der Waals surface area contributed by atoms with Gasteiger partial charge in [0.1, 0.15) is 0 Å². The van der Waals surface area contributed by atoms with Gasteiger partial charge in [-0.15, -0.1) is 0 Å². The van der Waals surface area contributed by atoms with Crippen molar-refractivity contribution in [1.29, 1.82) is 0 Å². The Morgan fingerprint density at radius 2 is 2.25 bits per heavy atom. The first kappa shape index (κ1) is 7.87. The van der Waals surface area contributed by atoms with Crippen molar-refractivity contribution in [1.82, 2.24) is 10.3 Å². The lowest BCUT2D eigenvalue weighted by Gasteiger charge is -2.23. The van der Waals surface area contributed by atoms with Crippen LogP contribution in [0.15, 0.2) is 12.4 Å². The van der Waals surface area contributed by atoms with Crippen molar-refractivity contribution < 1.29 is 0 Å². The molecule has 0 aliphatic carbocycles. The Labute approximate surface area is 73.4 Å². The fourth-order valence-electron chi connectivity index (χ4n) is 1.95. The van der Waals surface area contributed by atoms with Crippen molar-refractivity contribution in [2.45, 2.75) is 32.2 Å². The van der Waals surface area contributed by atoms with E-state index in [0.717, 1.165) is 0 Å². The minimum atomic E-state index is 0.602. The number of aromatic nitrogens is 1. The van der Waals surface area contributed by atoms with Crippen molar-refractivity contribution in [3.63, 3.8) is 0 Å². The predicted octanol–water partition coefficient (Wildman–Crippen LogP) is 2.14. The van der Waals surface area contributed by atoms with Gasteiger partial charge in [0, 0.05) is 18.4 Å². The summed E-state index contributed by atoms with van der Waals surface area (Å²) in [5.74, 6) is 0. The molecule has 1 aromatic rings. The molecular formula is C10H16N2. The quantitative estimate of drug-likeness (QED) is 0.654. The summed E-state index contributed by atoms with van der Waals surface area (Å²) < 4.78 is 0. The van der Waals surface area contributed by atoms with E-state index in [1.807, 2.05) is 0 Å². The first-order valence-corrected chi connectivity index (χ1v) is 4.74. The Morgan fingerprint density at radius 1 is 1.33 bits per heavy atom. The molecule has 2 nitrogen and oxygen atoms in total. The van der Waals surface area contributed by atoms with E-state index in [0.29, 0.717) is 6.04 Å². The van der Waals surface area contributed by atoms with Crippen LogP contribution in [-0.2, 0) is 0 Å². The highest BCUT2D eigenvalue weighted by Crippen LogP contribution is 2.24. The number of H-pyrrole nitrogens is 1. The molecular weight excluding hydrogens is 148 g/mol. The van der Waals surface area contributed by atoms with Crippen molar-refractivity contribution in [2.75, 3.05) is 6.54 Å². The van der Waals surface area contributed by atoms with E-state index < -0.39 is 0 Å². The molecule has 66 valence electrons. The molecule has 0 unspecified atom stereocenters. The molecule has 1 fully saturated rings. The third-order valence-electron chi connectivity index (χ3n) is 2.68. The summed E-state index contributed by atoms with van der Waals surface area (Å²) in [5.41, 5.74) is 2.84. The normalized spacial score (nSPS) is 24.2. The highest BCUT2D eigenvalue weighted by Gasteiger charge is 2.16. The molecule has 1 aliphatic rings. The topological polar surface area (TPSA) is 27.8 Å². The standard InChI is InChI=1S/C10H16N2/c1-8-6-11-7-9(8)10-4-2-3-5-12-10/h6-7,10-12H,2-5H2,1H3/t10-/m0/s1. The summed E-state index contributed by atoms with van der Waals surface area (Å²) in [6.45, 7) is 3.34. The maximum atomic E-state index is 3.54. The number of rotatable bonds is 1. The van der Waals surface area contributed by atoms with Crippen LogP contribution in [0.2, 0.25) is 0 Å². The highest BCUT2D eigenvalue weighted by molar-refractivity contribution is 5.25. The molecule has 0 bridgehead atoms. The Hall–Kier alpha value is -0.760. The smallest absolute Gasteiger partial charge is 0.0337 e. The van der Waals surface area contributed by atoms with Crippen LogP contribution in [0.4, 0.5) is 0 Å². The maximum Gasteiger partial charge on any atom is 0.0337 e. The van der Waals surface area contributed by atoms with E-state index in [-0.39, 0.29) is 0 Å². The summed E-state index contributed by atoms with van der Waals surface area (Å²) in [6, 6.07) is 0.602. The van der Waals surface area contributed by atoms with Gasteiger partial charge in [-0.3, -0.25) is 0 Å². The SMILES string of the molecule is Cc1c[nH]cc1[C@@H]1CCCCN1. The van der Waals surface area contributed by atoms with Crippen molar-refractivity contribution in [2.24, 2.45) is 0 Å². The molecule has 1 aliphatic heterocycles. The van der Waals surface area contributed by atoms with Gasteiger partial charge in [-0.05, 0) is 37.4 Å². The zero-order chi connectivity index (χ0) is 8.39. The fraction of sp³-hybridized carbons (Fsp3) is 0.600. The number of hydrogen-bond acceptors (Lipinski definition) is 1. The Kier molecular flexibility index (Phi) is 2.17. The van der Waals surface area contributed by atoms with Crippen molar-refractivity contribution >= 4 is 0 Å². The first-order valence-electron chi connectivity index (χ1n) is 4.74. The molecule has 2 N–H and O–H groups in total. The molecule has 12 heavy (non-hydrogen) atoms. The predicted molar refractivity (Wildman–Crippen MR) is 50.1 cm³/mol. The van der Waals surface area contributed by atoms with Crippen LogP contribution in [0.3, 0.4) is 0 Å². The lowest BCUT2D eigenvalue weighted by molar-refractivity contribution is 0.411.